The number of hydrogen-bond donors (Lipinski definition) is 2. The van der Waals surface area contributed by atoms with Crippen molar-refractivity contribution in [2.45, 2.75) is 71.4 Å². The van der Waals surface area contributed by atoms with E-state index < -0.39 is 41.7 Å². The number of aliphatic hydroxyl groups excluding tert-OH is 2. The highest BCUT2D eigenvalue weighted by Crippen LogP contribution is 2.57. The van der Waals surface area contributed by atoms with Gasteiger partial charge in [-0.25, -0.2) is 4.79 Å². The van der Waals surface area contributed by atoms with Crippen molar-refractivity contribution in [2.75, 3.05) is 0 Å². The topological polar surface area (TPSA) is 93.1 Å². The van der Waals surface area contributed by atoms with Gasteiger partial charge in [0.2, 0.25) is 0 Å². The average Bonchev–Trinajstić information content (AvgIpc) is 2.96. The van der Waals surface area contributed by atoms with Crippen LogP contribution in [-0.4, -0.2) is 46.6 Å². The molecule has 0 amide bonds. The number of fused-ring (bicyclic) bond motifs is 2. The van der Waals surface area contributed by atoms with E-state index in [-0.39, 0.29) is 29.3 Å². The molecule has 146 valence electrons. The van der Waals surface area contributed by atoms with Gasteiger partial charge in [0.1, 0.15) is 12.2 Å². The average molecular weight is 366 g/mol. The number of ether oxygens (including phenoxy) is 2. The molecule has 0 aromatic rings. The normalized spacial score (nSPS) is 46.2. The van der Waals surface area contributed by atoms with Crippen molar-refractivity contribution in [1.82, 2.24) is 0 Å². The van der Waals surface area contributed by atoms with Crippen LogP contribution in [0.4, 0.5) is 0 Å². The summed E-state index contributed by atoms with van der Waals surface area (Å²) in [6.07, 6.45) is -1.20. The first-order valence-corrected chi connectivity index (χ1v) is 9.59. The Labute approximate surface area is 154 Å². The largest absolute Gasteiger partial charge is 0.461 e. The maximum Gasteiger partial charge on any atom is 0.334 e. The molecule has 0 bridgehead atoms. The summed E-state index contributed by atoms with van der Waals surface area (Å²) in [5.74, 6) is -1.80. The van der Waals surface area contributed by atoms with Crippen molar-refractivity contribution >= 4 is 11.9 Å². The van der Waals surface area contributed by atoms with Crippen molar-refractivity contribution in [3.05, 3.63) is 12.2 Å². The molecule has 3 rings (SSSR count). The molecule has 3 aliphatic rings. The molecule has 3 fully saturated rings. The Kier molecular flexibility index (Phi) is 4.95. The summed E-state index contributed by atoms with van der Waals surface area (Å²) in [7, 11) is 0. The van der Waals surface area contributed by atoms with Crippen molar-refractivity contribution < 1.29 is 29.3 Å². The zero-order valence-electron chi connectivity index (χ0n) is 16.0. The van der Waals surface area contributed by atoms with Crippen LogP contribution in [0.3, 0.4) is 0 Å². The fourth-order valence-electron chi connectivity index (χ4n) is 5.36. The third-order valence-corrected chi connectivity index (χ3v) is 7.07. The van der Waals surface area contributed by atoms with Gasteiger partial charge in [0.25, 0.3) is 0 Å². The van der Waals surface area contributed by atoms with E-state index in [1.165, 1.54) is 0 Å². The van der Waals surface area contributed by atoms with Crippen molar-refractivity contribution in [2.24, 2.45) is 29.1 Å². The molecule has 0 aromatic carbocycles. The SMILES string of the molecule is C=C1C(=O)OC2CC(C)C3C(O)CC(OC(=O)C(C)CC)C3(C)C(O)C12. The van der Waals surface area contributed by atoms with Crippen LogP contribution in [0.2, 0.25) is 0 Å². The smallest absolute Gasteiger partial charge is 0.334 e. The van der Waals surface area contributed by atoms with Gasteiger partial charge in [0, 0.05) is 17.4 Å². The predicted octanol–water partition coefficient (Wildman–Crippen LogP) is 1.83. The fourth-order valence-corrected chi connectivity index (χ4v) is 5.36. The highest BCUT2D eigenvalue weighted by molar-refractivity contribution is 5.91. The highest BCUT2D eigenvalue weighted by atomic mass is 16.6. The van der Waals surface area contributed by atoms with Crippen LogP contribution in [0.15, 0.2) is 12.2 Å². The molecule has 1 saturated heterocycles. The van der Waals surface area contributed by atoms with E-state index in [1.54, 1.807) is 6.92 Å². The van der Waals surface area contributed by atoms with Crippen LogP contribution in [0.25, 0.3) is 0 Å². The Morgan fingerprint density at radius 1 is 1.42 bits per heavy atom. The lowest BCUT2D eigenvalue weighted by Gasteiger charge is -2.42. The Morgan fingerprint density at radius 3 is 2.69 bits per heavy atom. The van der Waals surface area contributed by atoms with Crippen molar-refractivity contribution in [3.63, 3.8) is 0 Å². The molecule has 2 saturated carbocycles. The van der Waals surface area contributed by atoms with E-state index in [0.717, 1.165) is 0 Å². The van der Waals surface area contributed by atoms with Gasteiger partial charge in [0.05, 0.1) is 24.0 Å². The fraction of sp³-hybridized carbons (Fsp3) is 0.800. The van der Waals surface area contributed by atoms with Gasteiger partial charge < -0.3 is 19.7 Å². The van der Waals surface area contributed by atoms with Gasteiger partial charge in [-0.2, -0.15) is 0 Å². The number of carbonyl (C=O) groups is 2. The maximum absolute atomic E-state index is 12.4. The van der Waals surface area contributed by atoms with Crippen molar-refractivity contribution in [3.8, 4) is 0 Å². The van der Waals surface area contributed by atoms with Crippen molar-refractivity contribution in [1.29, 1.82) is 0 Å². The summed E-state index contributed by atoms with van der Waals surface area (Å²) < 4.78 is 11.2. The molecule has 9 atom stereocenters. The molecule has 26 heavy (non-hydrogen) atoms. The number of carbonyl (C=O) groups excluding carboxylic acids is 2. The first kappa shape index (κ1) is 19.4. The van der Waals surface area contributed by atoms with Gasteiger partial charge >= 0.3 is 11.9 Å². The molecule has 1 aliphatic heterocycles. The zero-order chi connectivity index (χ0) is 19.4. The lowest BCUT2D eigenvalue weighted by atomic mass is 9.67. The standard InChI is InChI=1S/C20H30O6/c1-6-9(2)18(23)26-14-8-12(21)16-10(3)7-13-15(11(4)19(24)25-13)17(22)20(14,16)5/h9-10,12-17,21-22H,4,6-8H2,1-3,5H3. The lowest BCUT2D eigenvalue weighted by molar-refractivity contribution is -0.168. The summed E-state index contributed by atoms with van der Waals surface area (Å²) >= 11 is 0. The van der Waals surface area contributed by atoms with Gasteiger partial charge in [-0.15, -0.1) is 0 Å². The lowest BCUT2D eigenvalue weighted by Crippen LogP contribution is -2.50. The minimum absolute atomic E-state index is 0.00523. The van der Waals surface area contributed by atoms with Crippen LogP contribution < -0.4 is 0 Å². The molecule has 6 nitrogen and oxygen atoms in total. The van der Waals surface area contributed by atoms with Crippen LogP contribution >= 0.6 is 0 Å². The Bertz CT molecular complexity index is 615. The van der Waals surface area contributed by atoms with Gasteiger partial charge in [-0.3, -0.25) is 4.79 Å². The number of rotatable bonds is 3. The molecule has 9 unspecified atom stereocenters. The molecule has 2 aliphatic carbocycles. The summed E-state index contributed by atoms with van der Waals surface area (Å²) in [6, 6.07) is 0. The van der Waals surface area contributed by atoms with E-state index in [1.807, 2.05) is 20.8 Å². The molecule has 2 N–H and O–H groups in total. The van der Waals surface area contributed by atoms with E-state index >= 15 is 0 Å². The second-order valence-corrected chi connectivity index (χ2v) is 8.58. The van der Waals surface area contributed by atoms with Crippen LogP contribution in [0.5, 0.6) is 0 Å². The second kappa shape index (κ2) is 6.64. The maximum atomic E-state index is 12.4. The Balaban J connectivity index is 1.97. The molecule has 6 heteroatoms. The summed E-state index contributed by atoms with van der Waals surface area (Å²) in [4.78, 5) is 24.4. The molecular weight excluding hydrogens is 336 g/mol. The van der Waals surface area contributed by atoms with Crippen LogP contribution in [0.1, 0.15) is 47.0 Å². The van der Waals surface area contributed by atoms with Crippen LogP contribution in [0, 0.1) is 29.1 Å². The summed E-state index contributed by atoms with van der Waals surface area (Å²) in [5, 5.41) is 22.0. The van der Waals surface area contributed by atoms with Gasteiger partial charge in [-0.05, 0) is 24.7 Å². The summed E-state index contributed by atoms with van der Waals surface area (Å²) in [6.45, 7) is 11.4. The van der Waals surface area contributed by atoms with E-state index in [4.69, 9.17) is 9.47 Å². The van der Waals surface area contributed by atoms with Crippen LogP contribution in [-0.2, 0) is 19.1 Å². The third-order valence-electron chi connectivity index (χ3n) is 7.07. The predicted molar refractivity (Wildman–Crippen MR) is 93.9 cm³/mol. The minimum Gasteiger partial charge on any atom is -0.461 e. The monoisotopic (exact) mass is 366 g/mol. The first-order chi connectivity index (χ1) is 12.1. The molecular formula is C20H30O6. The third kappa shape index (κ3) is 2.69. The van der Waals surface area contributed by atoms with Gasteiger partial charge in [-0.1, -0.05) is 34.3 Å². The quantitative estimate of drug-likeness (QED) is 0.585. The highest BCUT2D eigenvalue weighted by Gasteiger charge is 2.65. The number of aliphatic hydroxyl groups is 2. The molecule has 0 aromatic heterocycles. The number of hydrogen-bond acceptors (Lipinski definition) is 6. The first-order valence-electron chi connectivity index (χ1n) is 9.59. The van der Waals surface area contributed by atoms with E-state index in [2.05, 4.69) is 6.58 Å². The molecule has 0 radical (unpaired) electrons. The summed E-state index contributed by atoms with van der Waals surface area (Å²) in [5.41, 5.74) is -0.594. The Morgan fingerprint density at radius 2 is 2.08 bits per heavy atom. The second-order valence-electron chi connectivity index (χ2n) is 8.58. The minimum atomic E-state index is -0.978. The molecule has 0 spiro atoms. The van der Waals surface area contributed by atoms with Gasteiger partial charge in [0.15, 0.2) is 0 Å². The Hall–Kier alpha value is -1.40. The van der Waals surface area contributed by atoms with E-state index in [0.29, 0.717) is 19.3 Å². The molecule has 1 heterocycles. The van der Waals surface area contributed by atoms with E-state index in [9.17, 15) is 19.8 Å². The zero-order valence-corrected chi connectivity index (χ0v) is 16.0. The number of esters is 2.